The molecule has 5 aromatic rings. The molecule has 39 heavy (non-hydrogen) atoms. The lowest BCUT2D eigenvalue weighted by Gasteiger charge is -2.29. The summed E-state index contributed by atoms with van der Waals surface area (Å²) in [5.74, 6) is 1.02. The first kappa shape index (κ1) is 25.6. The number of hydrogen-bond donors (Lipinski definition) is 4. The van der Waals surface area contributed by atoms with Crippen LogP contribution >= 0.6 is 19.5 Å². The molecule has 3 heterocycles. The lowest BCUT2D eigenvalue weighted by molar-refractivity contribution is 0.589. The maximum Gasteiger partial charge on any atom is 0.229 e. The Bertz CT molecular complexity index is 1600. The van der Waals surface area contributed by atoms with Crippen LogP contribution in [0, 0.1) is 0 Å². The Morgan fingerprint density at radius 1 is 0.949 bits per heavy atom. The molecule has 1 aliphatic rings. The minimum atomic E-state index is -0.288. The lowest BCUT2D eigenvalue weighted by Crippen LogP contribution is -2.43. The molecule has 10 heteroatoms. The fourth-order valence-corrected chi connectivity index (χ4v) is 5.94. The molecule has 1 fully saturated rings. The van der Waals surface area contributed by atoms with Crippen LogP contribution in [0.25, 0.3) is 22.2 Å². The van der Waals surface area contributed by atoms with E-state index in [2.05, 4.69) is 96.8 Å². The molecular weight excluding hydrogens is 527 g/mol. The third-order valence-corrected chi connectivity index (χ3v) is 8.46. The zero-order valence-corrected chi connectivity index (χ0v) is 23.5. The number of nitrogens with zero attached hydrogens (tertiary/aromatic N) is 4. The summed E-state index contributed by atoms with van der Waals surface area (Å²) in [6, 6.07) is 23.0. The molecule has 2 aromatic heterocycles. The van der Waals surface area contributed by atoms with Gasteiger partial charge in [-0.05, 0) is 55.0 Å². The molecule has 0 saturated carbocycles. The van der Waals surface area contributed by atoms with Gasteiger partial charge in [0.15, 0.2) is 5.82 Å². The molecule has 1 aliphatic heterocycles. The van der Waals surface area contributed by atoms with Crippen LogP contribution in [-0.4, -0.2) is 59.7 Å². The van der Waals surface area contributed by atoms with Gasteiger partial charge in [-0.3, -0.25) is 5.10 Å². The number of H-pyrrole nitrogens is 1. The van der Waals surface area contributed by atoms with Crippen LogP contribution in [0.2, 0.25) is 5.02 Å². The summed E-state index contributed by atoms with van der Waals surface area (Å²) in [7, 11) is -0.288. The molecule has 3 aromatic carbocycles. The summed E-state index contributed by atoms with van der Waals surface area (Å²) >= 11 is 6.47. The Balaban J connectivity index is 1.24. The molecule has 0 amide bonds. The fourth-order valence-electron chi connectivity index (χ4n) is 4.81. The van der Waals surface area contributed by atoms with Crippen LogP contribution in [-0.2, 0) is 0 Å². The molecule has 0 radical (unpaired) electrons. The van der Waals surface area contributed by atoms with E-state index in [4.69, 9.17) is 11.6 Å². The van der Waals surface area contributed by atoms with Crippen LogP contribution < -0.4 is 26.2 Å². The predicted octanol–water partition coefficient (Wildman–Crippen LogP) is 5.94. The number of aromatic amines is 1. The van der Waals surface area contributed by atoms with E-state index in [-0.39, 0.29) is 7.92 Å². The van der Waals surface area contributed by atoms with Crippen LogP contribution in [0.5, 0.6) is 0 Å². The Morgan fingerprint density at radius 3 is 2.54 bits per heavy atom. The highest BCUT2D eigenvalue weighted by atomic mass is 35.5. The maximum atomic E-state index is 6.47. The van der Waals surface area contributed by atoms with E-state index in [0.717, 1.165) is 59.7 Å². The summed E-state index contributed by atoms with van der Waals surface area (Å²) < 4.78 is 0. The second kappa shape index (κ2) is 11.2. The number of benzene rings is 3. The van der Waals surface area contributed by atoms with Crippen molar-refractivity contribution in [1.82, 2.24) is 25.5 Å². The van der Waals surface area contributed by atoms with E-state index in [1.807, 2.05) is 24.3 Å². The summed E-state index contributed by atoms with van der Waals surface area (Å²) in [4.78, 5) is 11.5. The largest absolute Gasteiger partial charge is 0.369 e. The number of anilines is 5. The number of rotatable bonds is 7. The Hall–Kier alpha value is -3.71. The van der Waals surface area contributed by atoms with E-state index in [1.54, 1.807) is 6.20 Å². The molecule has 8 nitrogen and oxygen atoms in total. The molecule has 1 saturated heterocycles. The fraction of sp³-hybridized carbons (Fsp3) is 0.207. The van der Waals surface area contributed by atoms with Crippen LogP contribution in [0.4, 0.5) is 28.8 Å². The molecule has 198 valence electrons. The predicted molar refractivity (Wildman–Crippen MR) is 165 cm³/mol. The van der Waals surface area contributed by atoms with Gasteiger partial charge in [-0.1, -0.05) is 49.9 Å². The van der Waals surface area contributed by atoms with Crippen molar-refractivity contribution in [3.63, 3.8) is 0 Å². The van der Waals surface area contributed by atoms with E-state index >= 15 is 0 Å². The van der Waals surface area contributed by atoms with E-state index in [1.165, 1.54) is 11.0 Å². The zero-order chi connectivity index (χ0) is 26.8. The van der Waals surface area contributed by atoms with Crippen LogP contribution in [0.3, 0.4) is 0 Å². The normalized spacial score (nSPS) is 13.7. The quantitative estimate of drug-likeness (QED) is 0.184. The standard InChI is InChI=1S/C29H30ClN8P/c1-39(2)26-6-4-3-5-25(26)34-28-23(30)18-32-29(35-28)33-20-9-12-24-22(17-20)27(37-36-24)19-7-10-21(11-8-19)38-15-13-31-14-16-38/h3-12,17-18,31H,13-16H2,1-2H3,(H,36,37)(H2,32,33,34,35). The first-order chi connectivity index (χ1) is 19.0. The monoisotopic (exact) mass is 556 g/mol. The van der Waals surface area contributed by atoms with Crippen molar-refractivity contribution < 1.29 is 0 Å². The average Bonchev–Trinajstić information content (AvgIpc) is 3.39. The van der Waals surface area contributed by atoms with Crippen LogP contribution in [0.15, 0.2) is 72.9 Å². The number of fused-ring (bicyclic) bond motifs is 1. The van der Waals surface area contributed by atoms with Crippen molar-refractivity contribution in [2.75, 3.05) is 55.0 Å². The molecule has 0 bridgehead atoms. The van der Waals surface area contributed by atoms with Gasteiger partial charge in [-0.15, -0.1) is 0 Å². The maximum absolute atomic E-state index is 6.47. The zero-order valence-electron chi connectivity index (χ0n) is 21.9. The van der Waals surface area contributed by atoms with Gasteiger partial charge >= 0.3 is 0 Å². The topological polar surface area (TPSA) is 93.8 Å². The van der Waals surface area contributed by atoms with Crippen molar-refractivity contribution in [1.29, 1.82) is 0 Å². The average molecular weight is 557 g/mol. The van der Waals surface area contributed by atoms with Crippen molar-refractivity contribution >= 4 is 64.6 Å². The third-order valence-electron chi connectivity index (χ3n) is 6.82. The molecule has 0 spiro atoms. The molecule has 0 aliphatic carbocycles. The number of piperazine rings is 1. The molecule has 0 unspecified atom stereocenters. The minimum Gasteiger partial charge on any atom is -0.369 e. The van der Waals surface area contributed by atoms with Gasteiger partial charge < -0.3 is 20.9 Å². The molecular formula is C29H30ClN8P. The Labute approximate surface area is 234 Å². The Kier molecular flexibility index (Phi) is 7.33. The molecule has 0 atom stereocenters. The van der Waals surface area contributed by atoms with Gasteiger partial charge in [0.2, 0.25) is 5.95 Å². The van der Waals surface area contributed by atoms with Crippen molar-refractivity contribution in [3.8, 4) is 11.3 Å². The first-order valence-electron chi connectivity index (χ1n) is 12.9. The summed E-state index contributed by atoms with van der Waals surface area (Å²) in [6.07, 6.45) is 1.62. The lowest BCUT2D eigenvalue weighted by atomic mass is 10.1. The van der Waals surface area contributed by atoms with Gasteiger partial charge in [0.1, 0.15) is 5.02 Å². The van der Waals surface area contributed by atoms with Gasteiger partial charge in [-0.2, -0.15) is 10.1 Å². The van der Waals surface area contributed by atoms with Crippen molar-refractivity contribution in [3.05, 3.63) is 77.9 Å². The summed E-state index contributed by atoms with van der Waals surface area (Å²) in [5, 5.41) is 20.7. The highest BCUT2D eigenvalue weighted by molar-refractivity contribution is 7.64. The van der Waals surface area contributed by atoms with Crippen molar-refractivity contribution in [2.45, 2.75) is 0 Å². The third kappa shape index (κ3) is 5.55. The van der Waals surface area contributed by atoms with Gasteiger partial charge in [0, 0.05) is 54.2 Å². The smallest absolute Gasteiger partial charge is 0.229 e. The Morgan fingerprint density at radius 2 is 1.74 bits per heavy atom. The van der Waals surface area contributed by atoms with Gasteiger partial charge in [-0.25, -0.2) is 4.98 Å². The van der Waals surface area contributed by atoms with E-state index < -0.39 is 0 Å². The molecule has 4 N–H and O–H groups in total. The number of halogens is 1. The van der Waals surface area contributed by atoms with E-state index in [9.17, 15) is 0 Å². The van der Waals surface area contributed by atoms with Crippen molar-refractivity contribution in [2.24, 2.45) is 0 Å². The number of hydrogen-bond acceptors (Lipinski definition) is 7. The molecule has 6 rings (SSSR count). The van der Waals surface area contributed by atoms with Gasteiger partial charge in [0.25, 0.3) is 0 Å². The first-order valence-corrected chi connectivity index (χ1v) is 15.5. The van der Waals surface area contributed by atoms with Crippen LogP contribution in [0.1, 0.15) is 0 Å². The highest BCUT2D eigenvalue weighted by Crippen LogP contribution is 2.33. The summed E-state index contributed by atoms with van der Waals surface area (Å²) in [6.45, 7) is 8.53. The summed E-state index contributed by atoms with van der Waals surface area (Å²) in [5.41, 5.74) is 6.05. The second-order valence-electron chi connectivity index (χ2n) is 9.67. The van der Waals surface area contributed by atoms with E-state index in [0.29, 0.717) is 16.8 Å². The van der Waals surface area contributed by atoms with Gasteiger partial charge in [0.05, 0.1) is 17.4 Å². The minimum absolute atomic E-state index is 0.288. The SMILES string of the molecule is CP(C)c1ccccc1Nc1nc(Nc2ccc3[nH]nc(-c4ccc(N5CCNCC5)cc4)c3c2)ncc1Cl. The number of nitrogens with one attached hydrogen (secondary N) is 4. The second-order valence-corrected chi connectivity index (χ2v) is 12.3. The number of aromatic nitrogens is 4. The number of para-hydroxylation sites is 1. The highest BCUT2D eigenvalue weighted by Gasteiger charge is 2.14.